The van der Waals surface area contributed by atoms with Gasteiger partial charge in [-0.2, -0.15) is 0 Å². The molecule has 3 fully saturated rings. The summed E-state index contributed by atoms with van der Waals surface area (Å²) in [6.45, 7) is 14.0. The predicted molar refractivity (Wildman–Crippen MR) is 240 cm³/mol. The first-order valence-electron chi connectivity index (χ1n) is 21.6. The Morgan fingerprint density at radius 3 is 2.48 bits per heavy atom. The predicted octanol–water partition coefficient (Wildman–Crippen LogP) is 8.90. The Morgan fingerprint density at radius 1 is 1.05 bits per heavy atom. The molecule has 1 saturated heterocycles. The summed E-state index contributed by atoms with van der Waals surface area (Å²) < 4.78 is 40.7. The number of hydrogen-bond acceptors (Lipinski definition) is 10. The van der Waals surface area contributed by atoms with E-state index in [1.807, 2.05) is 66.9 Å². The fourth-order valence-corrected chi connectivity index (χ4v) is 11.0. The second-order valence-corrected chi connectivity index (χ2v) is 20.2. The number of aromatic nitrogens is 2. The van der Waals surface area contributed by atoms with Crippen molar-refractivity contribution >= 4 is 49.9 Å². The van der Waals surface area contributed by atoms with Gasteiger partial charge in [0, 0.05) is 41.2 Å². The molecule has 4 aromatic rings. The summed E-state index contributed by atoms with van der Waals surface area (Å²) >= 11 is 1.51. The number of benzene rings is 2. The first-order valence-corrected chi connectivity index (χ1v) is 24.0. The molecular weight excluding hydrogens is 809 g/mol. The van der Waals surface area contributed by atoms with Crippen molar-refractivity contribution in [3.05, 3.63) is 96.0 Å². The fourth-order valence-electron chi connectivity index (χ4n) is 8.70. The number of ether oxygens (including phenoxy) is 2. The topological polar surface area (TPSA) is 145 Å². The third-order valence-electron chi connectivity index (χ3n) is 12.6. The first-order chi connectivity index (χ1) is 29.3. The van der Waals surface area contributed by atoms with Gasteiger partial charge in [-0.15, -0.1) is 24.5 Å². The molecule has 5 atom stereocenters. The normalized spacial score (nSPS) is 21.6. The minimum Gasteiger partial charge on any atom is -0.496 e. The molecule has 2 aliphatic carbocycles. The Hall–Kier alpha value is -4.88. The van der Waals surface area contributed by atoms with E-state index in [2.05, 4.69) is 31.7 Å². The summed E-state index contributed by atoms with van der Waals surface area (Å²) in [5.41, 5.74) is 2.93. The Balaban J connectivity index is 1.23. The molecule has 1 aliphatic heterocycles. The van der Waals surface area contributed by atoms with Gasteiger partial charge in [-0.25, -0.2) is 18.4 Å². The Kier molecular flexibility index (Phi) is 13.5. The summed E-state index contributed by atoms with van der Waals surface area (Å²) in [5, 5.41) is 2.96. The van der Waals surface area contributed by atoms with Gasteiger partial charge in [0.05, 0.1) is 41.6 Å². The van der Waals surface area contributed by atoms with Gasteiger partial charge in [-0.05, 0) is 81.4 Å². The number of rotatable bonds is 21. The minimum atomic E-state index is -3.84. The molecule has 61 heavy (non-hydrogen) atoms. The number of nitrogens with zero attached hydrogens (tertiary/aromatic N) is 3. The molecular formula is C48H58N4O7S2. The van der Waals surface area contributed by atoms with Gasteiger partial charge >= 0.3 is 0 Å². The highest BCUT2D eigenvalue weighted by Crippen LogP contribution is 2.57. The molecule has 2 amide bonds. The van der Waals surface area contributed by atoms with E-state index in [1.54, 1.807) is 18.1 Å². The number of hydrogen-bond donors (Lipinski definition) is 1. The van der Waals surface area contributed by atoms with Crippen molar-refractivity contribution in [3.63, 3.8) is 0 Å². The molecule has 3 heterocycles. The molecule has 3 aliphatic rings. The summed E-state index contributed by atoms with van der Waals surface area (Å²) in [6, 6.07) is 14.7. The van der Waals surface area contributed by atoms with Gasteiger partial charge in [-0.3, -0.25) is 19.1 Å². The number of amides is 2. The van der Waals surface area contributed by atoms with Crippen LogP contribution in [0.1, 0.15) is 101 Å². The van der Waals surface area contributed by atoms with Crippen molar-refractivity contribution in [1.82, 2.24) is 19.6 Å². The van der Waals surface area contributed by atoms with Crippen molar-refractivity contribution in [3.8, 4) is 22.2 Å². The zero-order chi connectivity index (χ0) is 43.5. The lowest BCUT2D eigenvalue weighted by molar-refractivity contribution is -0.142. The molecule has 2 aromatic heterocycles. The van der Waals surface area contributed by atoms with E-state index in [0.717, 1.165) is 52.9 Å². The van der Waals surface area contributed by atoms with Crippen LogP contribution in [0, 0.1) is 24.2 Å². The van der Waals surface area contributed by atoms with Crippen molar-refractivity contribution < 1.29 is 32.3 Å². The first kappa shape index (κ1) is 44.2. The second kappa shape index (κ2) is 18.6. The zero-order valence-corrected chi connectivity index (χ0v) is 37.4. The number of aryl methyl sites for hydroxylation is 1. The summed E-state index contributed by atoms with van der Waals surface area (Å²) in [4.78, 5) is 55.2. The number of nitrogens with one attached hydrogen (secondary N) is 1. The maximum absolute atomic E-state index is 15.0. The summed E-state index contributed by atoms with van der Waals surface area (Å²) in [7, 11) is -2.22. The number of methoxy groups -OCH3 is 1. The number of unbranched alkanes of at least 4 members (excludes halogenated alkanes) is 3. The zero-order valence-electron chi connectivity index (χ0n) is 35.7. The van der Waals surface area contributed by atoms with Crippen LogP contribution in [0.3, 0.4) is 0 Å². The van der Waals surface area contributed by atoms with Crippen molar-refractivity contribution in [2.75, 3.05) is 13.7 Å². The third-order valence-corrected chi connectivity index (χ3v) is 15.3. The number of sulfonamides is 1. The van der Waals surface area contributed by atoms with Crippen LogP contribution in [0.4, 0.5) is 0 Å². The van der Waals surface area contributed by atoms with Crippen LogP contribution >= 0.6 is 11.3 Å². The second-order valence-electron chi connectivity index (χ2n) is 17.3. The van der Waals surface area contributed by atoms with E-state index >= 15 is 4.79 Å². The average Bonchev–Trinajstić information content (AvgIpc) is 4.13. The van der Waals surface area contributed by atoms with E-state index in [9.17, 15) is 18.0 Å². The molecule has 0 bridgehead atoms. The molecule has 1 N–H and O–H groups in total. The number of pyridine rings is 1. The lowest BCUT2D eigenvalue weighted by atomic mass is 9.89. The highest BCUT2D eigenvalue weighted by Gasteiger charge is 2.61. The van der Waals surface area contributed by atoms with Crippen LogP contribution in [0.2, 0.25) is 0 Å². The molecule has 0 radical (unpaired) electrons. The Bertz CT molecular complexity index is 2390. The van der Waals surface area contributed by atoms with E-state index in [1.165, 1.54) is 11.3 Å². The van der Waals surface area contributed by atoms with Crippen molar-refractivity contribution in [1.29, 1.82) is 0 Å². The molecule has 13 heteroatoms. The maximum atomic E-state index is 15.0. The fraction of sp³-hybridized carbons (Fsp3) is 0.479. The van der Waals surface area contributed by atoms with Gasteiger partial charge in [-0.1, -0.05) is 69.2 Å². The van der Waals surface area contributed by atoms with Crippen molar-refractivity contribution in [2.24, 2.45) is 17.3 Å². The van der Waals surface area contributed by atoms with E-state index in [-0.39, 0.29) is 42.9 Å². The minimum absolute atomic E-state index is 0.132. The number of ketones is 1. The highest BCUT2D eigenvalue weighted by molar-refractivity contribution is 7.90. The number of fused-ring (bicyclic) bond motifs is 1. The molecule has 2 saturated carbocycles. The lowest BCUT2D eigenvalue weighted by Crippen LogP contribution is -2.46. The van der Waals surface area contributed by atoms with Crippen LogP contribution in [0.15, 0.2) is 79.2 Å². The number of allylic oxidation sites excluding steroid dienone is 2. The quantitative estimate of drug-likeness (QED) is 0.0641. The Labute approximate surface area is 364 Å². The molecule has 324 valence electrons. The Morgan fingerprint density at radius 2 is 1.82 bits per heavy atom. The maximum Gasteiger partial charge on any atom is 0.240 e. The molecule has 0 spiro atoms. The monoisotopic (exact) mass is 866 g/mol. The number of carbonyl (C=O) groups is 3. The number of likely N-dealkylation sites (tertiary alicyclic amines) is 1. The highest BCUT2D eigenvalue weighted by atomic mass is 32.2. The number of Topliss-reactive ketones (excluding diaryl/α,β-unsaturated/α-hetero) is 1. The molecule has 7 rings (SSSR count). The van der Waals surface area contributed by atoms with E-state index in [0.29, 0.717) is 54.8 Å². The van der Waals surface area contributed by atoms with E-state index < -0.39 is 44.7 Å². The van der Waals surface area contributed by atoms with Gasteiger partial charge in [0.25, 0.3) is 0 Å². The standard InChI is InChI=1S/C48H58N4O7S2/c1-7-9-10-11-15-18-33(23-32-16-13-12-14-17-32)46(54)52-28-35(24-40(52)41(53)27-48(26-34(48)8-2)47(55)51-61(56,57)36-19-20-36)59-43-25-38(45-50-39(29-60-45)30(3)4)49-44-31(5)42(58-6)22-21-37(43)44/h7-8,12-14,16-17,21-22,25,29-30,33-36,40H,1-2,9-11,15,18-20,23-24,26-28H2,3-6H3,(H,51,55)/t33-,34-,35-,40+,48-/m1/s1. The van der Waals surface area contributed by atoms with Crippen molar-refractivity contribution in [2.45, 2.75) is 115 Å². The lowest BCUT2D eigenvalue weighted by Gasteiger charge is -2.29. The third kappa shape index (κ3) is 9.78. The largest absolute Gasteiger partial charge is 0.496 e. The molecule has 2 aromatic carbocycles. The van der Waals surface area contributed by atoms with Gasteiger partial charge in [0.2, 0.25) is 21.8 Å². The van der Waals surface area contributed by atoms with Gasteiger partial charge < -0.3 is 14.4 Å². The van der Waals surface area contributed by atoms with Crippen LogP contribution in [0.25, 0.3) is 21.6 Å². The number of thiazole rings is 1. The van der Waals surface area contributed by atoms with Gasteiger partial charge in [0.15, 0.2) is 5.78 Å². The summed E-state index contributed by atoms with van der Waals surface area (Å²) in [6.07, 6.45) is 9.07. The molecule has 0 unspecified atom stereocenters. The SMILES string of the molecule is C=CCCCCC[C@H](Cc1ccccc1)C(=O)N1C[C@H](Oc2cc(-c3nc(C(C)C)cs3)nc3c(C)c(OC)ccc23)C[C@H]1C(=O)C[C@]1(C(=O)NS(=O)(=O)C2CC2)C[C@H]1C=C. The average molecular weight is 867 g/mol. The van der Waals surface area contributed by atoms with Crippen LogP contribution in [0.5, 0.6) is 11.5 Å². The smallest absolute Gasteiger partial charge is 0.240 e. The molecule has 11 nitrogen and oxygen atoms in total. The van der Waals surface area contributed by atoms with Crippen LogP contribution in [-0.4, -0.2) is 71.9 Å². The van der Waals surface area contributed by atoms with Crippen LogP contribution < -0.4 is 14.2 Å². The van der Waals surface area contributed by atoms with Crippen LogP contribution in [-0.2, 0) is 30.8 Å². The van der Waals surface area contributed by atoms with E-state index in [4.69, 9.17) is 19.4 Å². The summed E-state index contributed by atoms with van der Waals surface area (Å²) in [5.74, 6) is -0.390. The van der Waals surface area contributed by atoms with Gasteiger partial charge in [0.1, 0.15) is 28.3 Å². The number of carbonyl (C=O) groups excluding carboxylic acids is 3.